The molecular formula is C29H34N2O6. The number of para-hydroxylation sites is 1. The maximum atomic E-state index is 13.6. The summed E-state index contributed by atoms with van der Waals surface area (Å²) >= 11 is 0. The molecule has 2 aliphatic rings. The van der Waals surface area contributed by atoms with Crippen LogP contribution in [0.2, 0.25) is 0 Å². The number of fused-ring (bicyclic) bond motifs is 1. The first-order valence-electron chi connectivity index (χ1n) is 13.0. The summed E-state index contributed by atoms with van der Waals surface area (Å²) in [5.41, 5.74) is 2.04. The van der Waals surface area contributed by atoms with Crippen molar-refractivity contribution in [3.8, 4) is 0 Å². The Hall–Kier alpha value is -3.68. The fourth-order valence-electron chi connectivity index (χ4n) is 5.83. The molecule has 2 aromatic rings. The van der Waals surface area contributed by atoms with Crippen molar-refractivity contribution >= 4 is 29.4 Å². The second-order valence-electron chi connectivity index (χ2n) is 10.2. The normalized spacial score (nSPS) is 18.6. The Kier molecular flexibility index (Phi) is 8.26. The Morgan fingerprint density at radius 2 is 1.68 bits per heavy atom. The van der Waals surface area contributed by atoms with Crippen LogP contribution in [0.25, 0.3) is 0 Å². The van der Waals surface area contributed by atoms with Gasteiger partial charge in [-0.15, -0.1) is 0 Å². The maximum absolute atomic E-state index is 13.6. The van der Waals surface area contributed by atoms with Gasteiger partial charge in [-0.05, 0) is 68.2 Å². The first-order valence-corrected chi connectivity index (χ1v) is 13.0. The Balaban J connectivity index is 1.42. The molecule has 37 heavy (non-hydrogen) atoms. The summed E-state index contributed by atoms with van der Waals surface area (Å²) in [6.07, 6.45) is 7.24. The molecule has 1 aliphatic carbocycles. The van der Waals surface area contributed by atoms with Gasteiger partial charge in [-0.2, -0.15) is 0 Å². The molecule has 1 unspecified atom stereocenters. The molecule has 0 spiro atoms. The number of nitrogens with zero attached hydrogens (tertiary/aromatic N) is 1. The van der Waals surface area contributed by atoms with Gasteiger partial charge < -0.3 is 15.5 Å². The van der Waals surface area contributed by atoms with Crippen LogP contribution >= 0.6 is 0 Å². The number of carbonyl (C=O) groups is 4. The van der Waals surface area contributed by atoms with Crippen molar-refractivity contribution in [1.82, 2.24) is 5.32 Å². The third kappa shape index (κ3) is 6.01. The van der Waals surface area contributed by atoms with E-state index in [1.807, 2.05) is 24.3 Å². The van der Waals surface area contributed by atoms with Crippen molar-refractivity contribution in [3.05, 3.63) is 65.2 Å². The molecule has 0 radical (unpaired) electrons. The van der Waals surface area contributed by atoms with Crippen molar-refractivity contribution in [3.63, 3.8) is 0 Å². The van der Waals surface area contributed by atoms with E-state index in [2.05, 4.69) is 5.32 Å². The molecule has 1 atom stereocenters. The van der Waals surface area contributed by atoms with Crippen molar-refractivity contribution in [2.24, 2.45) is 5.41 Å². The van der Waals surface area contributed by atoms with Gasteiger partial charge in [0.05, 0.1) is 5.56 Å². The number of anilines is 1. The molecular weight excluding hydrogens is 472 g/mol. The number of hydrogen-bond donors (Lipinski definition) is 3. The molecule has 1 fully saturated rings. The van der Waals surface area contributed by atoms with E-state index in [1.54, 1.807) is 24.3 Å². The minimum atomic E-state index is -1.10. The summed E-state index contributed by atoms with van der Waals surface area (Å²) in [5.74, 6) is -2.56. The van der Waals surface area contributed by atoms with Gasteiger partial charge in [0.15, 0.2) is 0 Å². The number of carboxylic acid groups (broad SMARTS) is 2. The summed E-state index contributed by atoms with van der Waals surface area (Å²) in [6, 6.07) is 13.5. The standard InChI is InChI=1S/C29H34N2O6/c32-25(33)19-31-24-13-4-2-11-21(24)14-15-23(26(31)34)30-28(37)29(17-7-8-18-29)16-6-5-10-20-9-1-3-12-22(20)27(35)36/h1-4,9,11-13,23H,5-8,10,14-19H2,(H,30,37)(H,32,33)(H,35,36). The first kappa shape index (κ1) is 26.4. The summed E-state index contributed by atoms with van der Waals surface area (Å²) in [6.45, 7) is -0.453. The first-order chi connectivity index (χ1) is 17.8. The molecule has 4 rings (SSSR count). The zero-order chi connectivity index (χ0) is 26.4. The lowest BCUT2D eigenvalue weighted by atomic mass is 9.79. The second kappa shape index (κ2) is 11.6. The molecule has 1 saturated carbocycles. The lowest BCUT2D eigenvalue weighted by Gasteiger charge is -2.31. The molecule has 0 aromatic heterocycles. The van der Waals surface area contributed by atoms with Crippen LogP contribution in [0, 0.1) is 5.41 Å². The van der Waals surface area contributed by atoms with Gasteiger partial charge in [0.1, 0.15) is 12.6 Å². The lowest BCUT2D eigenvalue weighted by Crippen LogP contribution is -2.52. The molecule has 196 valence electrons. The van der Waals surface area contributed by atoms with Crippen LogP contribution in [0.5, 0.6) is 0 Å². The van der Waals surface area contributed by atoms with Gasteiger partial charge in [0.25, 0.3) is 0 Å². The average Bonchev–Trinajstić information content (AvgIpc) is 3.33. The SMILES string of the molecule is O=C(O)CN1C(=O)C(NC(=O)C2(CCCCc3ccccc3C(=O)O)CCCC2)CCc2ccccc21. The molecule has 8 heteroatoms. The number of hydrogen-bond acceptors (Lipinski definition) is 4. The zero-order valence-corrected chi connectivity index (χ0v) is 20.9. The number of aryl methyl sites for hydroxylation is 2. The van der Waals surface area contributed by atoms with Crippen molar-refractivity contribution in [2.45, 2.75) is 70.3 Å². The Morgan fingerprint density at radius 1 is 0.973 bits per heavy atom. The van der Waals surface area contributed by atoms with E-state index >= 15 is 0 Å². The number of rotatable bonds is 10. The number of amides is 2. The van der Waals surface area contributed by atoms with E-state index in [9.17, 15) is 29.4 Å². The van der Waals surface area contributed by atoms with Gasteiger partial charge in [0.2, 0.25) is 11.8 Å². The summed E-state index contributed by atoms with van der Waals surface area (Å²) in [4.78, 5) is 51.3. The summed E-state index contributed by atoms with van der Waals surface area (Å²) in [5, 5.41) is 21.8. The van der Waals surface area contributed by atoms with Gasteiger partial charge in [-0.1, -0.05) is 55.7 Å². The minimum Gasteiger partial charge on any atom is -0.480 e. The van der Waals surface area contributed by atoms with Crippen LogP contribution < -0.4 is 10.2 Å². The van der Waals surface area contributed by atoms with Crippen LogP contribution in [-0.2, 0) is 27.2 Å². The lowest BCUT2D eigenvalue weighted by molar-refractivity contribution is -0.137. The van der Waals surface area contributed by atoms with Crippen molar-refractivity contribution < 1.29 is 29.4 Å². The highest BCUT2D eigenvalue weighted by atomic mass is 16.4. The number of aliphatic carboxylic acids is 1. The topological polar surface area (TPSA) is 124 Å². The predicted molar refractivity (Wildman–Crippen MR) is 139 cm³/mol. The maximum Gasteiger partial charge on any atom is 0.335 e. The molecule has 3 N–H and O–H groups in total. The summed E-state index contributed by atoms with van der Waals surface area (Å²) < 4.78 is 0. The van der Waals surface area contributed by atoms with Gasteiger partial charge in [0, 0.05) is 11.1 Å². The summed E-state index contributed by atoms with van der Waals surface area (Å²) in [7, 11) is 0. The molecule has 1 heterocycles. The van der Waals surface area contributed by atoms with Crippen molar-refractivity contribution in [1.29, 1.82) is 0 Å². The fraction of sp³-hybridized carbons (Fsp3) is 0.448. The number of carboxylic acids is 2. The van der Waals surface area contributed by atoms with E-state index in [0.29, 0.717) is 36.9 Å². The van der Waals surface area contributed by atoms with Crippen LogP contribution in [0.3, 0.4) is 0 Å². The number of benzene rings is 2. The third-order valence-corrected chi connectivity index (χ3v) is 7.79. The number of unbranched alkanes of at least 4 members (excludes halogenated alkanes) is 1. The van der Waals surface area contributed by atoms with Gasteiger partial charge in [-0.25, -0.2) is 4.79 Å². The number of carbonyl (C=O) groups excluding carboxylic acids is 2. The van der Waals surface area contributed by atoms with E-state index in [4.69, 9.17) is 0 Å². The highest BCUT2D eigenvalue weighted by molar-refractivity contribution is 6.03. The zero-order valence-electron chi connectivity index (χ0n) is 20.9. The van der Waals surface area contributed by atoms with E-state index in [1.165, 1.54) is 4.90 Å². The number of aromatic carboxylic acids is 1. The average molecular weight is 507 g/mol. The second-order valence-corrected chi connectivity index (χ2v) is 10.2. The van der Waals surface area contributed by atoms with Crippen LogP contribution in [0.1, 0.15) is 72.9 Å². The number of nitrogens with one attached hydrogen (secondary N) is 1. The Morgan fingerprint density at radius 3 is 2.41 bits per heavy atom. The fourth-order valence-corrected chi connectivity index (χ4v) is 5.83. The van der Waals surface area contributed by atoms with Gasteiger partial charge in [-0.3, -0.25) is 19.3 Å². The molecule has 2 aromatic carbocycles. The third-order valence-electron chi connectivity index (χ3n) is 7.79. The minimum absolute atomic E-state index is 0.129. The van der Waals surface area contributed by atoms with Gasteiger partial charge >= 0.3 is 11.9 Å². The van der Waals surface area contributed by atoms with Crippen LogP contribution in [0.15, 0.2) is 48.5 Å². The highest BCUT2D eigenvalue weighted by Gasteiger charge is 2.42. The molecule has 0 saturated heterocycles. The molecule has 0 bridgehead atoms. The van der Waals surface area contributed by atoms with Crippen LogP contribution in [0.4, 0.5) is 5.69 Å². The molecule has 1 aliphatic heterocycles. The molecule has 2 amide bonds. The monoisotopic (exact) mass is 506 g/mol. The highest BCUT2D eigenvalue weighted by Crippen LogP contribution is 2.43. The van der Waals surface area contributed by atoms with E-state index in [0.717, 1.165) is 49.7 Å². The quantitative estimate of drug-likeness (QED) is 0.415. The largest absolute Gasteiger partial charge is 0.480 e. The Labute approximate surface area is 216 Å². The van der Waals surface area contributed by atoms with Crippen LogP contribution in [-0.4, -0.2) is 46.6 Å². The molecule has 8 nitrogen and oxygen atoms in total. The Bertz CT molecular complexity index is 1170. The van der Waals surface area contributed by atoms with E-state index < -0.39 is 29.9 Å². The van der Waals surface area contributed by atoms with E-state index in [-0.39, 0.29) is 11.8 Å². The smallest absolute Gasteiger partial charge is 0.335 e. The van der Waals surface area contributed by atoms with Crippen molar-refractivity contribution in [2.75, 3.05) is 11.4 Å². The predicted octanol–water partition coefficient (Wildman–Crippen LogP) is 4.21.